The minimum absolute atomic E-state index is 0.0691. The van der Waals surface area contributed by atoms with Gasteiger partial charge in [-0.1, -0.05) is 54.1 Å². The second-order valence-electron chi connectivity index (χ2n) is 6.35. The predicted molar refractivity (Wildman–Crippen MR) is 102 cm³/mol. The molecular weight excluding hydrogens is 374 g/mol. The third-order valence-electron chi connectivity index (χ3n) is 4.48. The van der Waals surface area contributed by atoms with Crippen LogP contribution in [0.2, 0.25) is 5.02 Å². The van der Waals surface area contributed by atoms with E-state index in [1.807, 2.05) is 24.3 Å². The average Bonchev–Trinajstić information content (AvgIpc) is 2.64. The zero-order valence-corrected chi connectivity index (χ0v) is 15.9. The average molecular weight is 396 g/mol. The number of piperidine rings is 1. The van der Waals surface area contributed by atoms with E-state index >= 15 is 0 Å². The summed E-state index contributed by atoms with van der Waals surface area (Å²) in [4.78, 5) is 0. The molecular formula is C19H22ClNO4S. The molecule has 3 rings (SSSR count). The Labute approximate surface area is 159 Å². The van der Waals surface area contributed by atoms with E-state index in [0.29, 0.717) is 42.3 Å². The summed E-state index contributed by atoms with van der Waals surface area (Å²) in [5, 5.41) is 10.8. The van der Waals surface area contributed by atoms with Crippen LogP contribution in [0.4, 0.5) is 0 Å². The van der Waals surface area contributed by atoms with Crippen molar-refractivity contribution in [2.75, 3.05) is 18.8 Å². The van der Waals surface area contributed by atoms with E-state index in [0.717, 1.165) is 0 Å². The summed E-state index contributed by atoms with van der Waals surface area (Å²) in [6.45, 7) is 0.748. The van der Waals surface area contributed by atoms with Gasteiger partial charge in [0.25, 0.3) is 0 Å². The number of nitrogens with zero attached hydrogens (tertiary/aromatic N) is 1. The van der Waals surface area contributed by atoms with Crippen LogP contribution in [0.1, 0.15) is 24.5 Å². The Morgan fingerprint density at radius 3 is 2.35 bits per heavy atom. The maximum atomic E-state index is 12.6. The molecule has 1 aliphatic heterocycles. The minimum Gasteiger partial charge on any atom is -0.489 e. The van der Waals surface area contributed by atoms with E-state index < -0.39 is 16.1 Å². The maximum absolute atomic E-state index is 12.6. The highest BCUT2D eigenvalue weighted by Crippen LogP contribution is 2.27. The van der Waals surface area contributed by atoms with E-state index in [2.05, 4.69) is 0 Å². The van der Waals surface area contributed by atoms with Crippen molar-refractivity contribution in [1.29, 1.82) is 0 Å². The molecule has 2 aromatic carbocycles. The Morgan fingerprint density at radius 1 is 1.08 bits per heavy atom. The highest BCUT2D eigenvalue weighted by Gasteiger charge is 2.31. The molecule has 0 unspecified atom stereocenters. The molecule has 7 heteroatoms. The molecule has 1 fully saturated rings. The number of aliphatic hydroxyl groups excluding tert-OH is 1. The largest absolute Gasteiger partial charge is 0.489 e. The lowest BCUT2D eigenvalue weighted by Gasteiger charge is -2.32. The summed E-state index contributed by atoms with van der Waals surface area (Å²) in [5.74, 6) is 0.308. The Hall–Kier alpha value is -1.60. The van der Waals surface area contributed by atoms with Gasteiger partial charge in [0, 0.05) is 13.1 Å². The van der Waals surface area contributed by atoms with Crippen LogP contribution in [0.15, 0.2) is 54.6 Å². The highest BCUT2D eigenvalue weighted by atomic mass is 35.5. The molecule has 1 N–H and O–H groups in total. The molecule has 2 aromatic rings. The van der Waals surface area contributed by atoms with Crippen molar-refractivity contribution in [3.63, 3.8) is 0 Å². The number of para-hydroxylation sites is 1. The fourth-order valence-electron chi connectivity index (χ4n) is 3.02. The number of aliphatic hydroxyl groups is 1. The van der Waals surface area contributed by atoms with E-state index in [9.17, 15) is 13.5 Å². The van der Waals surface area contributed by atoms with Gasteiger partial charge in [0.05, 0.1) is 16.9 Å². The molecule has 0 spiro atoms. The highest BCUT2D eigenvalue weighted by molar-refractivity contribution is 7.89. The molecule has 0 saturated carbocycles. The molecule has 0 aromatic heterocycles. The Bertz CT molecular complexity index is 820. The van der Waals surface area contributed by atoms with Crippen molar-refractivity contribution in [3.8, 4) is 5.75 Å². The zero-order chi connectivity index (χ0) is 18.6. The summed E-state index contributed by atoms with van der Waals surface area (Å²) in [6.07, 6.45) is 0.0799. The number of rotatable bonds is 6. The van der Waals surface area contributed by atoms with E-state index in [-0.39, 0.29) is 11.9 Å². The van der Waals surface area contributed by atoms with E-state index in [4.69, 9.17) is 16.3 Å². The smallest absolute Gasteiger partial charge is 0.217 e. The molecule has 26 heavy (non-hydrogen) atoms. The molecule has 1 atom stereocenters. The van der Waals surface area contributed by atoms with Gasteiger partial charge in [-0.25, -0.2) is 12.7 Å². The van der Waals surface area contributed by atoms with Gasteiger partial charge in [-0.05, 0) is 30.5 Å². The van der Waals surface area contributed by atoms with Crippen molar-refractivity contribution in [2.24, 2.45) is 0 Å². The van der Waals surface area contributed by atoms with Gasteiger partial charge in [0.15, 0.2) is 0 Å². The van der Waals surface area contributed by atoms with Gasteiger partial charge >= 0.3 is 0 Å². The number of hydrogen-bond acceptors (Lipinski definition) is 4. The first kappa shape index (κ1) is 19.2. The fourth-order valence-corrected chi connectivity index (χ4v) is 4.77. The number of halogens is 1. The molecule has 0 radical (unpaired) electrons. The van der Waals surface area contributed by atoms with E-state index in [1.165, 1.54) is 4.31 Å². The topological polar surface area (TPSA) is 66.8 Å². The normalized spacial score (nSPS) is 17.8. The fraction of sp³-hybridized carbons (Fsp3) is 0.368. The second kappa shape index (κ2) is 8.39. The van der Waals surface area contributed by atoms with Crippen LogP contribution in [0.25, 0.3) is 0 Å². The zero-order valence-electron chi connectivity index (χ0n) is 14.3. The molecule has 5 nitrogen and oxygen atoms in total. The molecule has 0 aliphatic carbocycles. The lowest BCUT2D eigenvalue weighted by Crippen LogP contribution is -2.43. The van der Waals surface area contributed by atoms with Crippen LogP contribution < -0.4 is 4.74 Å². The first-order valence-corrected chi connectivity index (χ1v) is 10.6. The number of benzene rings is 2. The molecule has 140 valence electrons. The first-order valence-electron chi connectivity index (χ1n) is 8.58. The molecule has 0 bridgehead atoms. The van der Waals surface area contributed by atoms with Crippen molar-refractivity contribution in [3.05, 3.63) is 65.2 Å². The monoisotopic (exact) mass is 395 g/mol. The molecule has 0 amide bonds. The number of ether oxygens (including phenoxy) is 1. The van der Waals surface area contributed by atoms with Gasteiger partial charge < -0.3 is 9.84 Å². The molecule has 1 heterocycles. The van der Waals surface area contributed by atoms with Crippen LogP contribution in [-0.4, -0.2) is 42.8 Å². The van der Waals surface area contributed by atoms with Crippen LogP contribution in [0.3, 0.4) is 0 Å². The standard InChI is InChI=1S/C19H22ClNO4S/c20-17-8-4-5-9-19(17)25-16-10-12-21(13-11-16)26(23,24)14-18(22)15-6-2-1-3-7-15/h1-9,16,18,22H,10-14H2/t18-/m0/s1. The van der Waals surface area contributed by atoms with Crippen molar-refractivity contribution < 1.29 is 18.3 Å². The SMILES string of the molecule is O=S(=O)(C[C@H](O)c1ccccc1)N1CCC(Oc2ccccc2Cl)CC1. The summed E-state index contributed by atoms with van der Waals surface area (Å²) in [6, 6.07) is 16.1. The summed E-state index contributed by atoms with van der Waals surface area (Å²) in [7, 11) is -3.53. The van der Waals surface area contributed by atoms with Crippen molar-refractivity contribution in [2.45, 2.75) is 25.0 Å². The molecule has 1 aliphatic rings. The predicted octanol–water partition coefficient (Wildman–Crippen LogP) is 3.25. The third-order valence-corrected chi connectivity index (χ3v) is 6.68. The van der Waals surface area contributed by atoms with Gasteiger partial charge in [0.1, 0.15) is 11.9 Å². The van der Waals surface area contributed by atoms with Gasteiger partial charge in [-0.2, -0.15) is 0 Å². The van der Waals surface area contributed by atoms with Crippen LogP contribution >= 0.6 is 11.6 Å². The maximum Gasteiger partial charge on any atom is 0.217 e. The van der Waals surface area contributed by atoms with Gasteiger partial charge in [-0.15, -0.1) is 0 Å². The second-order valence-corrected chi connectivity index (χ2v) is 8.77. The van der Waals surface area contributed by atoms with Crippen LogP contribution in [0.5, 0.6) is 5.75 Å². The van der Waals surface area contributed by atoms with Crippen molar-refractivity contribution >= 4 is 21.6 Å². The van der Waals surface area contributed by atoms with Crippen molar-refractivity contribution in [1.82, 2.24) is 4.31 Å². The lowest BCUT2D eigenvalue weighted by molar-refractivity contribution is 0.134. The third kappa shape index (κ3) is 4.76. The Balaban J connectivity index is 1.56. The summed E-state index contributed by atoms with van der Waals surface area (Å²) < 4.78 is 32.5. The quantitative estimate of drug-likeness (QED) is 0.815. The summed E-state index contributed by atoms with van der Waals surface area (Å²) in [5.41, 5.74) is 0.605. The van der Waals surface area contributed by atoms with Gasteiger partial charge in [-0.3, -0.25) is 0 Å². The summed E-state index contributed by atoms with van der Waals surface area (Å²) >= 11 is 6.10. The first-order chi connectivity index (χ1) is 12.5. The number of hydrogen-bond donors (Lipinski definition) is 1. The van der Waals surface area contributed by atoms with Crippen LogP contribution in [0, 0.1) is 0 Å². The van der Waals surface area contributed by atoms with E-state index in [1.54, 1.807) is 30.3 Å². The Morgan fingerprint density at radius 2 is 1.69 bits per heavy atom. The lowest BCUT2D eigenvalue weighted by atomic mass is 10.1. The molecule has 1 saturated heterocycles. The number of sulfonamides is 1. The van der Waals surface area contributed by atoms with Gasteiger partial charge in [0.2, 0.25) is 10.0 Å². The minimum atomic E-state index is -3.53. The van der Waals surface area contributed by atoms with Crippen LogP contribution in [-0.2, 0) is 10.0 Å². The Kier molecular flexibility index (Phi) is 6.19.